The minimum Gasteiger partial charge on any atom is -0.495 e. The summed E-state index contributed by atoms with van der Waals surface area (Å²) >= 11 is 1.38. The summed E-state index contributed by atoms with van der Waals surface area (Å²) in [4.78, 5) is 24.4. The number of benzene rings is 1. The van der Waals surface area contributed by atoms with Crippen LogP contribution in [0.5, 0.6) is 5.75 Å². The standard InChI is InChI=1S/C16H18N2O3S/c1-21-12-10-13(11-6-3-2-4-7-11)22-15(12)16(20)18-9-5-8-14(17)19/h2-4,6-7,10H,5,8-9H2,1H3,(H2,17,19)(H,18,20). The van der Waals surface area contributed by atoms with Gasteiger partial charge in [0.1, 0.15) is 10.6 Å². The number of thiophene rings is 1. The summed E-state index contributed by atoms with van der Waals surface area (Å²) in [6.45, 7) is 0.406. The molecule has 1 aromatic carbocycles. The molecule has 2 amide bonds. The molecule has 0 saturated carbocycles. The van der Waals surface area contributed by atoms with E-state index < -0.39 is 0 Å². The maximum atomic E-state index is 12.2. The molecule has 1 heterocycles. The van der Waals surface area contributed by atoms with E-state index in [4.69, 9.17) is 10.5 Å². The fraction of sp³-hybridized carbons (Fsp3) is 0.250. The summed E-state index contributed by atoms with van der Waals surface area (Å²) in [5.74, 6) is -0.0147. The molecule has 2 aromatic rings. The van der Waals surface area contributed by atoms with Crippen molar-refractivity contribution in [3.05, 3.63) is 41.3 Å². The summed E-state index contributed by atoms with van der Waals surface area (Å²) < 4.78 is 5.29. The second-order valence-electron chi connectivity index (χ2n) is 4.70. The minimum atomic E-state index is -0.366. The van der Waals surface area contributed by atoms with Crippen molar-refractivity contribution in [3.63, 3.8) is 0 Å². The fourth-order valence-corrected chi connectivity index (χ4v) is 3.02. The first-order valence-corrected chi connectivity index (χ1v) is 7.73. The van der Waals surface area contributed by atoms with Gasteiger partial charge in [0.05, 0.1) is 7.11 Å². The van der Waals surface area contributed by atoms with Crippen molar-refractivity contribution in [2.24, 2.45) is 5.73 Å². The number of hydrogen-bond donors (Lipinski definition) is 2. The van der Waals surface area contributed by atoms with Crippen LogP contribution in [0.2, 0.25) is 0 Å². The zero-order valence-corrected chi connectivity index (χ0v) is 13.1. The molecular formula is C16H18N2O3S. The molecule has 0 atom stereocenters. The van der Waals surface area contributed by atoms with Gasteiger partial charge >= 0.3 is 0 Å². The Bertz CT molecular complexity index is 653. The Kier molecular flexibility index (Phi) is 5.55. The van der Waals surface area contributed by atoms with Crippen LogP contribution in [0, 0.1) is 0 Å². The van der Waals surface area contributed by atoms with Gasteiger partial charge in [-0.1, -0.05) is 30.3 Å². The van der Waals surface area contributed by atoms with E-state index in [1.165, 1.54) is 11.3 Å². The largest absolute Gasteiger partial charge is 0.495 e. The Morgan fingerprint density at radius 1 is 1.27 bits per heavy atom. The first kappa shape index (κ1) is 16.0. The van der Waals surface area contributed by atoms with E-state index in [1.807, 2.05) is 36.4 Å². The predicted molar refractivity (Wildman–Crippen MR) is 87.1 cm³/mol. The Hall–Kier alpha value is -2.34. The maximum absolute atomic E-state index is 12.2. The highest BCUT2D eigenvalue weighted by Gasteiger charge is 2.17. The number of carbonyl (C=O) groups excluding carboxylic acids is 2. The van der Waals surface area contributed by atoms with Crippen molar-refractivity contribution in [2.75, 3.05) is 13.7 Å². The third kappa shape index (κ3) is 4.08. The van der Waals surface area contributed by atoms with Gasteiger partial charge in [0.15, 0.2) is 0 Å². The number of carbonyl (C=O) groups is 2. The van der Waals surface area contributed by atoms with Crippen LogP contribution in [0.4, 0.5) is 0 Å². The van der Waals surface area contributed by atoms with Crippen LogP contribution in [-0.2, 0) is 4.79 Å². The molecule has 0 fully saturated rings. The van der Waals surface area contributed by atoms with Crippen LogP contribution in [-0.4, -0.2) is 25.5 Å². The highest BCUT2D eigenvalue weighted by atomic mass is 32.1. The quantitative estimate of drug-likeness (QED) is 0.769. The van der Waals surface area contributed by atoms with Crippen molar-refractivity contribution in [3.8, 4) is 16.2 Å². The monoisotopic (exact) mass is 318 g/mol. The molecule has 0 aliphatic heterocycles. The lowest BCUT2D eigenvalue weighted by Crippen LogP contribution is -2.25. The van der Waals surface area contributed by atoms with Crippen molar-refractivity contribution in [1.82, 2.24) is 5.32 Å². The summed E-state index contributed by atoms with van der Waals surface area (Å²) in [7, 11) is 1.54. The first-order chi connectivity index (χ1) is 10.6. The molecule has 0 spiro atoms. The molecule has 3 N–H and O–H groups in total. The highest BCUT2D eigenvalue weighted by Crippen LogP contribution is 2.36. The average molecular weight is 318 g/mol. The molecule has 0 unspecified atom stereocenters. The Morgan fingerprint density at radius 3 is 2.64 bits per heavy atom. The Balaban J connectivity index is 2.08. The molecular weight excluding hydrogens is 300 g/mol. The van der Waals surface area contributed by atoms with Gasteiger partial charge in [-0.2, -0.15) is 0 Å². The van der Waals surface area contributed by atoms with Crippen molar-refractivity contribution < 1.29 is 14.3 Å². The van der Waals surface area contributed by atoms with Crippen molar-refractivity contribution >= 4 is 23.2 Å². The van der Waals surface area contributed by atoms with E-state index in [9.17, 15) is 9.59 Å². The summed E-state index contributed by atoms with van der Waals surface area (Å²) in [5, 5.41) is 2.78. The maximum Gasteiger partial charge on any atom is 0.265 e. The lowest BCUT2D eigenvalue weighted by molar-refractivity contribution is -0.118. The normalized spacial score (nSPS) is 10.2. The predicted octanol–water partition coefficient (Wildman–Crippen LogP) is 2.42. The third-order valence-electron chi connectivity index (χ3n) is 3.07. The molecule has 0 bridgehead atoms. The van der Waals surface area contributed by atoms with E-state index in [-0.39, 0.29) is 18.2 Å². The van der Waals surface area contributed by atoms with E-state index in [0.717, 1.165) is 10.4 Å². The fourth-order valence-electron chi connectivity index (χ4n) is 1.97. The van der Waals surface area contributed by atoms with Crippen LogP contribution in [0.25, 0.3) is 10.4 Å². The number of ether oxygens (including phenoxy) is 1. The molecule has 6 heteroatoms. The lowest BCUT2D eigenvalue weighted by atomic mass is 10.2. The minimum absolute atomic E-state index is 0.200. The summed E-state index contributed by atoms with van der Waals surface area (Å²) in [6, 6.07) is 11.7. The number of amides is 2. The molecule has 22 heavy (non-hydrogen) atoms. The van der Waals surface area contributed by atoms with Crippen molar-refractivity contribution in [1.29, 1.82) is 0 Å². The molecule has 1 aromatic heterocycles. The average Bonchev–Trinajstić information content (AvgIpc) is 2.96. The van der Waals surface area contributed by atoms with Gasteiger partial charge in [0, 0.05) is 17.8 Å². The van der Waals surface area contributed by atoms with Gasteiger partial charge in [-0.25, -0.2) is 0 Å². The number of nitrogens with one attached hydrogen (secondary N) is 1. The molecule has 5 nitrogen and oxygen atoms in total. The topological polar surface area (TPSA) is 81.4 Å². The third-order valence-corrected chi connectivity index (χ3v) is 4.23. The molecule has 116 valence electrons. The van der Waals surface area contributed by atoms with Gasteiger partial charge in [-0.3, -0.25) is 9.59 Å². The van der Waals surface area contributed by atoms with Crippen LogP contribution < -0.4 is 15.8 Å². The summed E-state index contributed by atoms with van der Waals surface area (Å²) in [5.41, 5.74) is 6.10. The van der Waals surface area contributed by atoms with E-state index in [0.29, 0.717) is 23.6 Å². The number of nitrogens with two attached hydrogens (primary N) is 1. The first-order valence-electron chi connectivity index (χ1n) is 6.91. The van der Waals surface area contributed by atoms with E-state index in [2.05, 4.69) is 5.32 Å². The second-order valence-corrected chi connectivity index (χ2v) is 5.75. The number of methoxy groups -OCH3 is 1. The van der Waals surface area contributed by atoms with Crippen LogP contribution >= 0.6 is 11.3 Å². The zero-order chi connectivity index (χ0) is 15.9. The highest BCUT2D eigenvalue weighted by molar-refractivity contribution is 7.17. The van der Waals surface area contributed by atoms with Crippen LogP contribution in [0.3, 0.4) is 0 Å². The van der Waals surface area contributed by atoms with Gasteiger partial charge in [0.25, 0.3) is 5.91 Å². The van der Waals surface area contributed by atoms with Crippen LogP contribution in [0.15, 0.2) is 36.4 Å². The number of rotatable bonds is 7. The lowest BCUT2D eigenvalue weighted by Gasteiger charge is -2.04. The van der Waals surface area contributed by atoms with Gasteiger partial charge < -0.3 is 15.8 Å². The number of hydrogen-bond acceptors (Lipinski definition) is 4. The van der Waals surface area contributed by atoms with Gasteiger partial charge in [-0.05, 0) is 18.1 Å². The second kappa shape index (κ2) is 7.61. The Labute approximate surface area is 133 Å². The molecule has 2 rings (SSSR count). The van der Waals surface area contributed by atoms with E-state index in [1.54, 1.807) is 7.11 Å². The molecule has 0 radical (unpaired) electrons. The van der Waals surface area contributed by atoms with Gasteiger partial charge in [0.2, 0.25) is 5.91 Å². The molecule has 0 aliphatic rings. The Morgan fingerprint density at radius 2 is 2.00 bits per heavy atom. The molecule has 0 saturated heterocycles. The zero-order valence-electron chi connectivity index (χ0n) is 12.3. The van der Waals surface area contributed by atoms with E-state index >= 15 is 0 Å². The SMILES string of the molecule is COc1cc(-c2ccccc2)sc1C(=O)NCCCC(N)=O. The van der Waals surface area contributed by atoms with Crippen LogP contribution in [0.1, 0.15) is 22.5 Å². The van der Waals surface area contributed by atoms with Gasteiger partial charge in [-0.15, -0.1) is 11.3 Å². The number of primary amides is 1. The van der Waals surface area contributed by atoms with Crippen molar-refractivity contribution in [2.45, 2.75) is 12.8 Å². The summed E-state index contributed by atoms with van der Waals surface area (Å²) in [6.07, 6.45) is 0.789. The molecule has 0 aliphatic carbocycles. The smallest absolute Gasteiger partial charge is 0.265 e.